The summed E-state index contributed by atoms with van der Waals surface area (Å²) < 4.78 is 15.9. The molecular weight excluding hydrogens is 404 g/mol. The molecule has 0 N–H and O–H groups in total. The number of carbonyl (C=O) groups is 2. The lowest BCUT2D eigenvalue weighted by Crippen LogP contribution is -2.20. The van der Waals surface area contributed by atoms with Crippen molar-refractivity contribution in [2.75, 3.05) is 19.8 Å². The van der Waals surface area contributed by atoms with Crippen LogP contribution in [0.25, 0.3) is 21.9 Å². The van der Waals surface area contributed by atoms with Crippen LogP contribution >= 0.6 is 0 Å². The minimum absolute atomic E-state index is 0.0355. The Balaban J connectivity index is 1.71. The van der Waals surface area contributed by atoms with Crippen molar-refractivity contribution in [3.63, 3.8) is 0 Å². The van der Waals surface area contributed by atoms with Crippen molar-refractivity contribution in [2.45, 2.75) is 33.6 Å². The van der Waals surface area contributed by atoms with Gasteiger partial charge in [-0.1, -0.05) is 42.5 Å². The van der Waals surface area contributed by atoms with Crippen LogP contribution in [0.15, 0.2) is 60.7 Å². The molecule has 0 aliphatic rings. The second-order valence-electron chi connectivity index (χ2n) is 7.87. The van der Waals surface area contributed by atoms with E-state index in [4.69, 9.17) is 14.2 Å². The zero-order valence-electron chi connectivity index (χ0n) is 18.9. The summed E-state index contributed by atoms with van der Waals surface area (Å²) in [6.07, 6.45) is 1.55. The summed E-state index contributed by atoms with van der Waals surface area (Å²) in [5, 5.41) is 2.31. The van der Waals surface area contributed by atoms with Crippen molar-refractivity contribution in [1.29, 1.82) is 0 Å². The fraction of sp³-hybridized carbons (Fsp3) is 0.333. The second kappa shape index (κ2) is 11.3. The number of benzene rings is 3. The Hall–Kier alpha value is -3.34. The van der Waals surface area contributed by atoms with E-state index in [2.05, 4.69) is 54.6 Å². The van der Waals surface area contributed by atoms with Crippen molar-refractivity contribution >= 4 is 22.7 Å². The molecule has 0 saturated carbocycles. The van der Waals surface area contributed by atoms with Gasteiger partial charge in [0, 0.05) is 19.8 Å². The largest absolute Gasteiger partial charge is 0.494 e. The number of esters is 2. The van der Waals surface area contributed by atoms with E-state index < -0.39 is 0 Å². The minimum Gasteiger partial charge on any atom is -0.494 e. The number of carbonyl (C=O) groups excluding carboxylic acids is 2. The lowest BCUT2D eigenvalue weighted by molar-refractivity contribution is -0.146. The lowest BCUT2D eigenvalue weighted by Gasteiger charge is -2.16. The van der Waals surface area contributed by atoms with Gasteiger partial charge in [-0.05, 0) is 65.4 Å². The Morgan fingerprint density at radius 2 is 1.47 bits per heavy atom. The third kappa shape index (κ3) is 6.84. The number of hydrogen-bond acceptors (Lipinski definition) is 5. The molecule has 5 nitrogen and oxygen atoms in total. The minimum atomic E-state index is -0.329. The monoisotopic (exact) mass is 434 g/mol. The molecular formula is C27H30O5. The van der Waals surface area contributed by atoms with Crippen LogP contribution in [0.4, 0.5) is 0 Å². The van der Waals surface area contributed by atoms with Crippen LogP contribution in [-0.4, -0.2) is 31.8 Å². The molecule has 0 atom stereocenters. The lowest BCUT2D eigenvalue weighted by atomic mass is 9.96. The third-order valence-corrected chi connectivity index (χ3v) is 5.27. The molecule has 0 fully saturated rings. The van der Waals surface area contributed by atoms with Gasteiger partial charge in [-0.15, -0.1) is 0 Å². The van der Waals surface area contributed by atoms with Gasteiger partial charge in [0.1, 0.15) is 5.75 Å². The number of fused-ring (bicyclic) bond motifs is 1. The molecule has 0 amide bonds. The summed E-state index contributed by atoms with van der Waals surface area (Å²) in [6, 6.07) is 21.0. The molecule has 0 heterocycles. The Kier molecular flexibility index (Phi) is 8.26. The van der Waals surface area contributed by atoms with E-state index in [-0.39, 0.29) is 31.1 Å². The van der Waals surface area contributed by atoms with Gasteiger partial charge in [-0.2, -0.15) is 0 Å². The molecule has 0 aliphatic heterocycles. The molecule has 0 radical (unpaired) electrons. The number of hydrogen-bond donors (Lipinski definition) is 0. The second-order valence-corrected chi connectivity index (χ2v) is 7.87. The van der Waals surface area contributed by atoms with Crippen molar-refractivity contribution < 1.29 is 23.8 Å². The molecule has 0 unspecified atom stereocenters. The van der Waals surface area contributed by atoms with Gasteiger partial charge in [0.15, 0.2) is 0 Å². The topological polar surface area (TPSA) is 61.8 Å². The average molecular weight is 435 g/mol. The Labute approximate surface area is 189 Å². The Morgan fingerprint density at radius 3 is 2.16 bits per heavy atom. The molecule has 3 aromatic rings. The van der Waals surface area contributed by atoms with Gasteiger partial charge in [-0.25, -0.2) is 0 Å². The molecule has 0 saturated heterocycles. The number of rotatable bonds is 10. The van der Waals surface area contributed by atoms with Gasteiger partial charge in [0.05, 0.1) is 19.8 Å². The standard InChI is InChI=1S/C27H30O5/c1-4-30-27-13-12-25-15-24(10-11-26(25)16-27)23-7-5-6-21(14-23)8-9-22(17-31-19(2)28)18-32-20(3)29/h5-7,10-16,22H,4,8-9,17-18H2,1-3H3. The van der Waals surface area contributed by atoms with Gasteiger partial charge in [0.2, 0.25) is 0 Å². The van der Waals surface area contributed by atoms with Gasteiger partial charge in [-0.3, -0.25) is 9.59 Å². The Bertz CT molecular complexity index is 1050. The molecule has 5 heteroatoms. The molecule has 0 aromatic heterocycles. The first-order valence-electron chi connectivity index (χ1n) is 11.0. The predicted octanol–water partition coefficient (Wildman–Crippen LogP) is 5.58. The summed E-state index contributed by atoms with van der Waals surface area (Å²) in [5.41, 5.74) is 3.49. The van der Waals surface area contributed by atoms with Crippen LogP contribution in [0.1, 0.15) is 32.8 Å². The van der Waals surface area contributed by atoms with Crippen LogP contribution < -0.4 is 4.74 Å². The van der Waals surface area contributed by atoms with Crippen LogP contribution in [0.3, 0.4) is 0 Å². The van der Waals surface area contributed by atoms with Crippen LogP contribution in [0, 0.1) is 5.92 Å². The average Bonchev–Trinajstić information content (AvgIpc) is 2.78. The smallest absolute Gasteiger partial charge is 0.302 e. The van der Waals surface area contributed by atoms with Crippen LogP contribution in [0.2, 0.25) is 0 Å². The van der Waals surface area contributed by atoms with Crippen molar-refractivity contribution in [3.8, 4) is 16.9 Å². The third-order valence-electron chi connectivity index (χ3n) is 5.27. The highest BCUT2D eigenvalue weighted by molar-refractivity contribution is 5.88. The van der Waals surface area contributed by atoms with Gasteiger partial charge in [0.25, 0.3) is 0 Å². The molecule has 0 bridgehead atoms. The number of ether oxygens (including phenoxy) is 3. The summed E-state index contributed by atoms with van der Waals surface area (Å²) >= 11 is 0. The highest BCUT2D eigenvalue weighted by Gasteiger charge is 2.13. The quantitative estimate of drug-likeness (QED) is 0.390. The summed E-state index contributed by atoms with van der Waals surface area (Å²) in [4.78, 5) is 22.3. The summed E-state index contributed by atoms with van der Waals surface area (Å²) in [6.45, 7) is 5.89. The van der Waals surface area contributed by atoms with E-state index in [1.165, 1.54) is 24.8 Å². The van der Waals surface area contributed by atoms with Gasteiger partial charge < -0.3 is 14.2 Å². The Morgan fingerprint density at radius 1 is 0.812 bits per heavy atom. The zero-order valence-corrected chi connectivity index (χ0v) is 18.9. The fourth-order valence-corrected chi connectivity index (χ4v) is 3.62. The SMILES string of the molecule is CCOc1ccc2cc(-c3cccc(CCC(COC(C)=O)COC(C)=O)c3)ccc2c1. The normalized spacial score (nSPS) is 10.9. The highest BCUT2D eigenvalue weighted by Crippen LogP contribution is 2.28. The predicted molar refractivity (Wildman–Crippen MR) is 126 cm³/mol. The molecule has 3 aromatic carbocycles. The van der Waals surface area contributed by atoms with E-state index in [1.54, 1.807) is 0 Å². The van der Waals surface area contributed by atoms with Crippen LogP contribution in [-0.2, 0) is 25.5 Å². The van der Waals surface area contributed by atoms with Gasteiger partial charge >= 0.3 is 11.9 Å². The molecule has 0 aliphatic carbocycles. The van der Waals surface area contributed by atoms with E-state index in [0.717, 1.165) is 35.1 Å². The highest BCUT2D eigenvalue weighted by atomic mass is 16.5. The molecule has 0 spiro atoms. The van der Waals surface area contributed by atoms with E-state index in [1.807, 2.05) is 13.0 Å². The van der Waals surface area contributed by atoms with E-state index in [9.17, 15) is 9.59 Å². The van der Waals surface area contributed by atoms with Crippen molar-refractivity contribution in [2.24, 2.45) is 5.92 Å². The zero-order chi connectivity index (χ0) is 22.9. The van der Waals surface area contributed by atoms with Crippen LogP contribution in [0.5, 0.6) is 5.75 Å². The maximum atomic E-state index is 11.2. The van der Waals surface area contributed by atoms with Crippen molar-refractivity contribution in [1.82, 2.24) is 0 Å². The summed E-state index contributed by atoms with van der Waals surface area (Å²) in [5.74, 6) is 0.187. The first-order valence-corrected chi connectivity index (χ1v) is 11.0. The molecule has 32 heavy (non-hydrogen) atoms. The first kappa shape index (κ1) is 23.3. The molecule has 3 rings (SSSR count). The van der Waals surface area contributed by atoms with Crippen molar-refractivity contribution in [3.05, 3.63) is 66.2 Å². The summed E-state index contributed by atoms with van der Waals surface area (Å²) in [7, 11) is 0. The molecule has 168 valence electrons. The van der Waals surface area contributed by atoms with E-state index >= 15 is 0 Å². The fourth-order valence-electron chi connectivity index (χ4n) is 3.62. The van der Waals surface area contributed by atoms with E-state index in [0.29, 0.717) is 6.61 Å². The maximum absolute atomic E-state index is 11.2. The maximum Gasteiger partial charge on any atom is 0.302 e. The number of aryl methyl sites for hydroxylation is 1. The first-order chi connectivity index (χ1) is 15.4.